The van der Waals surface area contributed by atoms with E-state index in [-0.39, 0.29) is 0 Å². The van der Waals surface area contributed by atoms with Crippen LogP contribution in [0.25, 0.3) is 0 Å². The Balaban J connectivity index is 2.40. The van der Waals surface area contributed by atoms with Crippen LogP contribution in [0.4, 0.5) is 0 Å². The number of rotatable bonds is 2. The molecular weight excluding hydrogens is 184 g/mol. The van der Waals surface area contributed by atoms with Crippen LogP contribution in [-0.2, 0) is 12.0 Å². The number of benzene rings is 1. The van der Waals surface area contributed by atoms with Crippen molar-refractivity contribution in [1.29, 1.82) is 0 Å². The number of aryl methyl sites for hydroxylation is 1. The zero-order chi connectivity index (χ0) is 10.7. The lowest BCUT2D eigenvalue weighted by Gasteiger charge is -2.28. The Bertz CT molecular complexity index is 332. The minimum absolute atomic E-state index is 0.554. The van der Waals surface area contributed by atoms with E-state index in [0.29, 0.717) is 0 Å². The van der Waals surface area contributed by atoms with E-state index in [1.807, 2.05) is 6.07 Å². The third-order valence-corrected chi connectivity index (χ3v) is 3.47. The molecule has 0 aliphatic heterocycles. The van der Waals surface area contributed by atoms with E-state index in [1.165, 1.54) is 17.5 Å². The highest BCUT2D eigenvalue weighted by Gasteiger charge is 2.31. The molecule has 0 aromatic heterocycles. The molecule has 0 amide bonds. The summed E-state index contributed by atoms with van der Waals surface area (Å²) in [5.41, 5.74) is 1.98. The first-order valence-corrected chi connectivity index (χ1v) is 6.07. The molecule has 0 radical (unpaired) electrons. The van der Waals surface area contributed by atoms with Crippen molar-refractivity contribution in [3.63, 3.8) is 0 Å². The monoisotopic (exact) mass is 204 g/mol. The fourth-order valence-electron chi connectivity index (χ4n) is 2.73. The molecule has 0 saturated heterocycles. The summed E-state index contributed by atoms with van der Waals surface area (Å²) in [7, 11) is 0. The zero-order valence-electron chi connectivity index (χ0n) is 9.50. The Hall–Kier alpha value is -0.820. The van der Waals surface area contributed by atoms with Crippen LogP contribution in [0, 0.1) is 0 Å². The summed E-state index contributed by atoms with van der Waals surface area (Å²) in [4.78, 5) is 0. The minimum Gasteiger partial charge on any atom is -0.385 e. The smallest absolute Gasteiger partial charge is 0.0899 e. The first-order valence-electron chi connectivity index (χ1n) is 6.07. The highest BCUT2D eigenvalue weighted by atomic mass is 16.3. The van der Waals surface area contributed by atoms with Crippen molar-refractivity contribution in [2.45, 2.75) is 51.0 Å². The van der Waals surface area contributed by atoms with Gasteiger partial charge in [0.2, 0.25) is 0 Å². The summed E-state index contributed by atoms with van der Waals surface area (Å²) in [5.74, 6) is 0. The van der Waals surface area contributed by atoms with Gasteiger partial charge in [-0.05, 0) is 43.2 Å². The first-order chi connectivity index (χ1) is 7.26. The lowest BCUT2D eigenvalue weighted by Crippen LogP contribution is -2.25. The van der Waals surface area contributed by atoms with Crippen molar-refractivity contribution in [1.82, 2.24) is 0 Å². The molecule has 1 atom stereocenters. The topological polar surface area (TPSA) is 20.2 Å². The van der Waals surface area contributed by atoms with Crippen LogP contribution < -0.4 is 0 Å². The molecule has 15 heavy (non-hydrogen) atoms. The van der Waals surface area contributed by atoms with Crippen LogP contribution in [0.3, 0.4) is 0 Å². The molecule has 82 valence electrons. The Kier molecular flexibility index (Phi) is 3.11. The third-order valence-electron chi connectivity index (χ3n) is 3.47. The zero-order valence-corrected chi connectivity index (χ0v) is 9.50. The molecule has 1 aromatic rings. The molecule has 1 nitrogen and oxygen atoms in total. The molecule has 0 saturated carbocycles. The Morgan fingerprint density at radius 2 is 2.07 bits per heavy atom. The Morgan fingerprint density at radius 3 is 2.87 bits per heavy atom. The predicted octanol–water partition coefficient (Wildman–Crippen LogP) is 3.40. The molecule has 0 spiro atoms. The van der Waals surface area contributed by atoms with E-state index >= 15 is 0 Å². The summed E-state index contributed by atoms with van der Waals surface area (Å²) >= 11 is 0. The average Bonchev–Trinajstić information content (AvgIpc) is 2.40. The van der Waals surface area contributed by atoms with Crippen LogP contribution >= 0.6 is 0 Å². The van der Waals surface area contributed by atoms with Gasteiger partial charge in [-0.25, -0.2) is 0 Å². The van der Waals surface area contributed by atoms with Gasteiger partial charge in [-0.2, -0.15) is 0 Å². The molecular formula is C14H20O. The molecule has 1 unspecified atom stereocenters. The molecule has 1 aliphatic carbocycles. The van der Waals surface area contributed by atoms with E-state index < -0.39 is 5.60 Å². The van der Waals surface area contributed by atoms with Gasteiger partial charge in [0.05, 0.1) is 5.60 Å². The highest BCUT2D eigenvalue weighted by molar-refractivity contribution is 5.33. The first kappa shape index (κ1) is 10.7. The summed E-state index contributed by atoms with van der Waals surface area (Å²) in [6, 6.07) is 8.40. The average molecular weight is 204 g/mol. The van der Waals surface area contributed by atoms with Gasteiger partial charge in [-0.15, -0.1) is 0 Å². The van der Waals surface area contributed by atoms with Crippen LogP contribution in [0.1, 0.15) is 50.2 Å². The maximum absolute atomic E-state index is 10.7. The predicted molar refractivity (Wildman–Crippen MR) is 62.8 cm³/mol. The van der Waals surface area contributed by atoms with Gasteiger partial charge in [0.25, 0.3) is 0 Å². The fraction of sp³-hybridized carbons (Fsp3) is 0.571. The standard InChI is InChI=1S/C14H20O/c1-2-10-14(15)11-6-5-8-12-7-3-4-9-13(12)14/h3-4,7,9,15H,2,5-6,8,10-11H2,1H3. The van der Waals surface area contributed by atoms with Crippen molar-refractivity contribution in [2.75, 3.05) is 0 Å². The van der Waals surface area contributed by atoms with E-state index in [4.69, 9.17) is 0 Å². The second-order valence-electron chi connectivity index (χ2n) is 4.65. The molecule has 2 rings (SSSR count). The van der Waals surface area contributed by atoms with Crippen molar-refractivity contribution in [3.05, 3.63) is 35.4 Å². The SMILES string of the molecule is CCCC1(O)CCCCc2ccccc21. The summed E-state index contributed by atoms with van der Waals surface area (Å²) < 4.78 is 0. The highest BCUT2D eigenvalue weighted by Crippen LogP contribution is 2.37. The lowest BCUT2D eigenvalue weighted by molar-refractivity contribution is 0.0173. The van der Waals surface area contributed by atoms with Crippen LogP contribution in [0.15, 0.2) is 24.3 Å². The maximum atomic E-state index is 10.7. The molecule has 1 heteroatoms. The van der Waals surface area contributed by atoms with Gasteiger partial charge in [0.1, 0.15) is 0 Å². The van der Waals surface area contributed by atoms with Crippen molar-refractivity contribution in [3.8, 4) is 0 Å². The van der Waals surface area contributed by atoms with E-state index in [2.05, 4.69) is 25.1 Å². The Morgan fingerprint density at radius 1 is 1.27 bits per heavy atom. The van der Waals surface area contributed by atoms with Crippen molar-refractivity contribution < 1.29 is 5.11 Å². The van der Waals surface area contributed by atoms with Gasteiger partial charge < -0.3 is 5.11 Å². The van der Waals surface area contributed by atoms with E-state index in [9.17, 15) is 5.11 Å². The Labute approximate surface area is 92.1 Å². The number of hydrogen-bond acceptors (Lipinski definition) is 1. The summed E-state index contributed by atoms with van der Waals surface area (Å²) in [6.07, 6.45) is 6.35. The van der Waals surface area contributed by atoms with Crippen LogP contribution in [0.5, 0.6) is 0 Å². The normalized spacial score (nSPS) is 25.7. The minimum atomic E-state index is -0.554. The number of hydrogen-bond donors (Lipinski definition) is 1. The van der Waals surface area contributed by atoms with Crippen molar-refractivity contribution in [2.24, 2.45) is 0 Å². The summed E-state index contributed by atoms with van der Waals surface area (Å²) in [5, 5.41) is 10.7. The fourth-order valence-corrected chi connectivity index (χ4v) is 2.73. The summed E-state index contributed by atoms with van der Waals surface area (Å²) in [6.45, 7) is 2.14. The van der Waals surface area contributed by atoms with Gasteiger partial charge in [-0.3, -0.25) is 0 Å². The van der Waals surface area contributed by atoms with E-state index in [0.717, 1.165) is 32.1 Å². The second-order valence-corrected chi connectivity index (χ2v) is 4.65. The van der Waals surface area contributed by atoms with Crippen LogP contribution in [0.2, 0.25) is 0 Å². The van der Waals surface area contributed by atoms with Crippen LogP contribution in [-0.4, -0.2) is 5.11 Å². The largest absolute Gasteiger partial charge is 0.385 e. The maximum Gasteiger partial charge on any atom is 0.0899 e. The second kappa shape index (κ2) is 4.36. The number of fused-ring (bicyclic) bond motifs is 1. The molecule has 1 aliphatic rings. The van der Waals surface area contributed by atoms with Gasteiger partial charge >= 0.3 is 0 Å². The lowest BCUT2D eigenvalue weighted by atomic mass is 9.84. The quantitative estimate of drug-likeness (QED) is 0.732. The molecule has 1 aromatic carbocycles. The number of aliphatic hydroxyl groups is 1. The van der Waals surface area contributed by atoms with Gasteiger partial charge in [-0.1, -0.05) is 37.6 Å². The molecule has 1 N–H and O–H groups in total. The third kappa shape index (κ3) is 2.07. The molecule has 0 bridgehead atoms. The van der Waals surface area contributed by atoms with Crippen molar-refractivity contribution >= 4 is 0 Å². The van der Waals surface area contributed by atoms with E-state index in [1.54, 1.807) is 0 Å². The molecule has 0 fully saturated rings. The van der Waals surface area contributed by atoms with Gasteiger partial charge in [0, 0.05) is 0 Å². The molecule has 0 heterocycles. The van der Waals surface area contributed by atoms with Gasteiger partial charge in [0.15, 0.2) is 0 Å².